The van der Waals surface area contributed by atoms with Crippen LogP contribution in [0, 0.1) is 0 Å². The first-order valence-electron chi connectivity index (χ1n) is 6.85. The topological polar surface area (TPSA) is 72.2 Å². The SMILES string of the molecule is CC(CCNS(=O)(=O)c1cc(CN)cs1)c1ccccc1. The number of nitrogens with two attached hydrogens (primary N) is 1. The zero-order valence-corrected chi connectivity index (χ0v) is 13.6. The van der Waals surface area contributed by atoms with Crippen molar-refractivity contribution in [1.82, 2.24) is 4.72 Å². The van der Waals surface area contributed by atoms with Gasteiger partial charge in [-0.3, -0.25) is 0 Å². The Morgan fingerprint density at radius 2 is 2.00 bits per heavy atom. The van der Waals surface area contributed by atoms with Crippen LogP contribution < -0.4 is 10.5 Å². The monoisotopic (exact) mass is 324 g/mol. The molecule has 0 radical (unpaired) electrons. The van der Waals surface area contributed by atoms with Crippen LogP contribution in [0.15, 0.2) is 46.0 Å². The highest BCUT2D eigenvalue weighted by molar-refractivity contribution is 7.91. The summed E-state index contributed by atoms with van der Waals surface area (Å²) in [6.07, 6.45) is 0.762. The van der Waals surface area contributed by atoms with E-state index in [4.69, 9.17) is 5.73 Å². The summed E-state index contributed by atoms with van der Waals surface area (Å²) in [7, 11) is -3.41. The predicted octanol–water partition coefficient (Wildman–Crippen LogP) is 2.68. The highest BCUT2D eigenvalue weighted by Crippen LogP contribution is 2.21. The molecule has 1 aromatic heterocycles. The van der Waals surface area contributed by atoms with E-state index >= 15 is 0 Å². The fourth-order valence-corrected chi connectivity index (χ4v) is 4.34. The maximum absolute atomic E-state index is 12.1. The van der Waals surface area contributed by atoms with E-state index in [1.807, 2.05) is 18.2 Å². The number of rotatable bonds is 7. The molecular formula is C15H20N2O2S2. The Labute approximate surface area is 130 Å². The lowest BCUT2D eigenvalue weighted by Gasteiger charge is -2.12. The summed E-state index contributed by atoms with van der Waals surface area (Å²) in [4.78, 5) is 0. The molecule has 0 spiro atoms. The van der Waals surface area contributed by atoms with Gasteiger partial charge in [-0.1, -0.05) is 37.3 Å². The molecule has 6 heteroatoms. The van der Waals surface area contributed by atoms with E-state index < -0.39 is 10.0 Å². The molecule has 3 N–H and O–H groups in total. The maximum Gasteiger partial charge on any atom is 0.250 e. The molecule has 0 bridgehead atoms. The first-order valence-corrected chi connectivity index (χ1v) is 9.21. The molecule has 114 valence electrons. The first-order chi connectivity index (χ1) is 10.0. The van der Waals surface area contributed by atoms with Gasteiger partial charge in [0.2, 0.25) is 10.0 Å². The first kappa shape index (κ1) is 16.2. The summed E-state index contributed by atoms with van der Waals surface area (Å²) in [5.74, 6) is 0.317. The second-order valence-corrected chi connectivity index (χ2v) is 7.88. The van der Waals surface area contributed by atoms with Gasteiger partial charge >= 0.3 is 0 Å². The smallest absolute Gasteiger partial charge is 0.250 e. The van der Waals surface area contributed by atoms with Gasteiger partial charge < -0.3 is 5.73 Å². The van der Waals surface area contributed by atoms with Crippen LogP contribution in [0.3, 0.4) is 0 Å². The third-order valence-corrected chi connectivity index (χ3v) is 6.32. The summed E-state index contributed by atoms with van der Waals surface area (Å²) in [6.45, 7) is 2.88. The van der Waals surface area contributed by atoms with E-state index in [-0.39, 0.29) is 0 Å². The zero-order chi connectivity index (χ0) is 15.3. The summed E-state index contributed by atoms with van der Waals surface area (Å²) in [5.41, 5.74) is 7.57. The Bertz CT molecular complexity index is 666. The van der Waals surface area contributed by atoms with Crippen LogP contribution in [-0.2, 0) is 16.6 Å². The van der Waals surface area contributed by atoms with Crippen LogP contribution in [0.4, 0.5) is 0 Å². The van der Waals surface area contributed by atoms with Crippen molar-refractivity contribution >= 4 is 21.4 Å². The van der Waals surface area contributed by atoms with Crippen molar-refractivity contribution in [3.8, 4) is 0 Å². The van der Waals surface area contributed by atoms with Crippen molar-refractivity contribution < 1.29 is 8.42 Å². The Hall–Kier alpha value is -1.21. The fraction of sp³-hybridized carbons (Fsp3) is 0.333. The van der Waals surface area contributed by atoms with Gasteiger partial charge in [0.1, 0.15) is 4.21 Å². The number of benzene rings is 1. The minimum Gasteiger partial charge on any atom is -0.326 e. The highest BCUT2D eigenvalue weighted by Gasteiger charge is 2.16. The number of hydrogen-bond acceptors (Lipinski definition) is 4. The number of hydrogen-bond donors (Lipinski definition) is 2. The quantitative estimate of drug-likeness (QED) is 0.822. The van der Waals surface area contributed by atoms with E-state index in [0.717, 1.165) is 12.0 Å². The van der Waals surface area contributed by atoms with Gasteiger partial charge in [0, 0.05) is 13.1 Å². The lowest BCUT2D eigenvalue weighted by Crippen LogP contribution is -2.25. The molecule has 0 fully saturated rings. The van der Waals surface area contributed by atoms with Gasteiger partial charge in [-0.25, -0.2) is 13.1 Å². The molecule has 1 unspecified atom stereocenters. The number of nitrogens with one attached hydrogen (secondary N) is 1. The summed E-state index contributed by atoms with van der Waals surface area (Å²) in [5, 5.41) is 1.78. The van der Waals surface area contributed by atoms with E-state index in [9.17, 15) is 8.42 Å². The summed E-state index contributed by atoms with van der Waals surface area (Å²) >= 11 is 1.21. The molecule has 0 amide bonds. The molecule has 1 aromatic carbocycles. The van der Waals surface area contributed by atoms with Gasteiger partial charge in [-0.15, -0.1) is 11.3 Å². The van der Waals surface area contributed by atoms with Crippen LogP contribution in [-0.4, -0.2) is 15.0 Å². The average Bonchev–Trinajstić information content (AvgIpc) is 2.98. The molecule has 0 aliphatic heterocycles. The largest absolute Gasteiger partial charge is 0.326 e. The van der Waals surface area contributed by atoms with Crippen LogP contribution in [0.1, 0.15) is 30.4 Å². The Morgan fingerprint density at radius 3 is 2.62 bits per heavy atom. The molecule has 21 heavy (non-hydrogen) atoms. The third kappa shape index (κ3) is 4.38. The van der Waals surface area contributed by atoms with Crippen LogP contribution >= 0.6 is 11.3 Å². The second-order valence-electron chi connectivity index (χ2n) is 4.98. The number of thiophene rings is 1. The number of sulfonamides is 1. The van der Waals surface area contributed by atoms with Crippen LogP contribution in [0.2, 0.25) is 0 Å². The van der Waals surface area contributed by atoms with Gasteiger partial charge in [0.25, 0.3) is 0 Å². The maximum atomic E-state index is 12.1. The van der Waals surface area contributed by atoms with Crippen molar-refractivity contribution in [2.24, 2.45) is 5.73 Å². The van der Waals surface area contributed by atoms with E-state index in [0.29, 0.717) is 23.2 Å². The van der Waals surface area contributed by atoms with Gasteiger partial charge in [0.05, 0.1) is 0 Å². The molecule has 1 atom stereocenters. The highest BCUT2D eigenvalue weighted by atomic mass is 32.2. The van der Waals surface area contributed by atoms with Crippen LogP contribution in [0.25, 0.3) is 0 Å². The van der Waals surface area contributed by atoms with Gasteiger partial charge in [-0.2, -0.15) is 0 Å². The van der Waals surface area contributed by atoms with E-state index in [2.05, 4.69) is 23.8 Å². The van der Waals surface area contributed by atoms with Crippen molar-refractivity contribution in [3.05, 3.63) is 52.9 Å². The van der Waals surface area contributed by atoms with Crippen molar-refractivity contribution in [1.29, 1.82) is 0 Å². The Kier molecular flexibility index (Phi) is 5.52. The van der Waals surface area contributed by atoms with Crippen molar-refractivity contribution in [3.63, 3.8) is 0 Å². The summed E-state index contributed by atoms with van der Waals surface area (Å²) < 4.78 is 27.3. The van der Waals surface area contributed by atoms with Crippen molar-refractivity contribution in [2.45, 2.75) is 30.0 Å². The molecule has 2 aromatic rings. The van der Waals surface area contributed by atoms with Gasteiger partial charge in [0.15, 0.2) is 0 Å². The van der Waals surface area contributed by atoms with E-state index in [1.54, 1.807) is 11.4 Å². The molecule has 0 saturated carbocycles. The molecule has 2 rings (SSSR count). The van der Waals surface area contributed by atoms with Crippen LogP contribution in [0.5, 0.6) is 0 Å². The molecule has 0 aliphatic carbocycles. The van der Waals surface area contributed by atoms with Gasteiger partial charge in [-0.05, 0) is 34.9 Å². The lowest BCUT2D eigenvalue weighted by atomic mass is 9.98. The molecule has 0 saturated heterocycles. The minimum absolute atomic E-state index is 0.317. The molecule has 4 nitrogen and oxygen atoms in total. The summed E-state index contributed by atoms with van der Waals surface area (Å²) in [6, 6.07) is 11.7. The molecular weight excluding hydrogens is 304 g/mol. The Morgan fingerprint density at radius 1 is 1.29 bits per heavy atom. The standard InChI is InChI=1S/C15H20N2O2S2/c1-12(14-5-3-2-4-6-14)7-8-17-21(18,19)15-9-13(10-16)11-20-15/h2-6,9,11-12,17H,7-8,10,16H2,1H3. The fourth-order valence-electron chi connectivity index (χ4n) is 2.03. The molecule has 1 heterocycles. The predicted molar refractivity (Wildman–Crippen MR) is 86.9 cm³/mol. The zero-order valence-electron chi connectivity index (χ0n) is 12.0. The lowest BCUT2D eigenvalue weighted by molar-refractivity contribution is 0.574. The Balaban J connectivity index is 1.90. The molecule has 0 aliphatic rings. The minimum atomic E-state index is -3.41. The third-order valence-electron chi connectivity index (χ3n) is 3.37. The normalized spacial score (nSPS) is 13.2. The second kappa shape index (κ2) is 7.17. The van der Waals surface area contributed by atoms with Crippen molar-refractivity contribution in [2.75, 3.05) is 6.54 Å². The average molecular weight is 324 g/mol. The van der Waals surface area contributed by atoms with E-state index in [1.165, 1.54) is 16.9 Å².